The number of hydrogen-bond donors (Lipinski definition) is 0. The van der Waals surface area contributed by atoms with E-state index in [1.54, 1.807) is 5.30 Å². The van der Waals surface area contributed by atoms with E-state index in [1.165, 1.54) is 57.2 Å². The normalized spacial score (nSPS) is 11.3. The summed E-state index contributed by atoms with van der Waals surface area (Å²) < 4.78 is 0. The molecule has 0 saturated heterocycles. The van der Waals surface area contributed by atoms with Gasteiger partial charge in [-0.05, 0) is 48.7 Å². The molecule has 0 atom stereocenters. The smallest absolute Gasteiger partial charge is 0.0426 e. The van der Waals surface area contributed by atoms with E-state index in [0.717, 1.165) is 0 Å². The molecule has 0 radical (unpaired) electrons. The fraction of sp³-hybridized carbons (Fsp3) is 0.333. The molecular formula is C24H29PS. The van der Waals surface area contributed by atoms with Crippen molar-refractivity contribution in [1.82, 2.24) is 0 Å². The predicted octanol–water partition coefficient (Wildman–Crippen LogP) is 7.63. The van der Waals surface area contributed by atoms with Crippen molar-refractivity contribution in [1.29, 1.82) is 0 Å². The second-order valence-electron chi connectivity index (χ2n) is 7.04. The monoisotopic (exact) mass is 380 g/mol. The Balaban J connectivity index is 2.09. The van der Waals surface area contributed by atoms with Crippen LogP contribution in [0.3, 0.4) is 0 Å². The highest BCUT2D eigenvalue weighted by molar-refractivity contribution is 7.66. The predicted molar refractivity (Wildman–Crippen MR) is 122 cm³/mol. The van der Waals surface area contributed by atoms with Gasteiger partial charge in [-0.3, -0.25) is 0 Å². The Morgan fingerprint density at radius 3 is 1.73 bits per heavy atom. The molecule has 0 fully saturated rings. The Labute approximate surface area is 164 Å². The molecule has 1 heterocycles. The maximum Gasteiger partial charge on any atom is 0.0426 e. The van der Waals surface area contributed by atoms with Crippen LogP contribution < -0.4 is 5.30 Å². The van der Waals surface area contributed by atoms with Crippen molar-refractivity contribution in [2.75, 3.05) is 12.3 Å². The van der Waals surface area contributed by atoms with Crippen LogP contribution in [0.5, 0.6) is 0 Å². The molecule has 26 heavy (non-hydrogen) atoms. The van der Waals surface area contributed by atoms with Gasteiger partial charge in [-0.25, -0.2) is 0 Å². The molecule has 2 aromatic carbocycles. The van der Waals surface area contributed by atoms with E-state index in [2.05, 4.69) is 82.3 Å². The lowest BCUT2D eigenvalue weighted by Gasteiger charge is -2.17. The number of thiophene rings is 1. The third-order valence-corrected chi connectivity index (χ3v) is 9.08. The number of benzene rings is 2. The summed E-state index contributed by atoms with van der Waals surface area (Å²) in [5.41, 5.74) is 5.38. The zero-order chi connectivity index (χ0) is 18.5. The van der Waals surface area contributed by atoms with Crippen molar-refractivity contribution in [3.05, 3.63) is 65.7 Å². The molecule has 1 aromatic heterocycles. The lowest BCUT2D eigenvalue weighted by molar-refractivity contribution is 1.06. The van der Waals surface area contributed by atoms with Gasteiger partial charge in [0, 0.05) is 9.75 Å². The maximum atomic E-state index is 2.50. The third-order valence-electron chi connectivity index (χ3n) is 4.69. The molecule has 3 aromatic rings. The molecule has 3 rings (SSSR count). The summed E-state index contributed by atoms with van der Waals surface area (Å²) in [6.45, 7) is 8.97. The lowest BCUT2D eigenvalue weighted by Crippen LogP contribution is -2.06. The minimum absolute atomic E-state index is 0.0734. The molecule has 0 aliphatic carbocycles. The van der Waals surface area contributed by atoms with Crippen molar-refractivity contribution in [3.8, 4) is 20.9 Å². The van der Waals surface area contributed by atoms with E-state index in [9.17, 15) is 0 Å². The fourth-order valence-corrected chi connectivity index (χ4v) is 7.47. The lowest BCUT2D eigenvalue weighted by atomic mass is 10.1. The Kier molecular flexibility index (Phi) is 6.68. The van der Waals surface area contributed by atoms with Gasteiger partial charge >= 0.3 is 0 Å². The first-order chi connectivity index (χ1) is 12.6. The first-order valence-electron chi connectivity index (χ1n) is 9.65. The van der Waals surface area contributed by atoms with Crippen molar-refractivity contribution in [2.24, 2.45) is 0 Å². The van der Waals surface area contributed by atoms with E-state index >= 15 is 0 Å². The van der Waals surface area contributed by atoms with Crippen LogP contribution >= 0.6 is 19.3 Å². The molecule has 0 aliphatic heterocycles. The first-order valence-corrected chi connectivity index (χ1v) is 12.2. The summed E-state index contributed by atoms with van der Waals surface area (Å²) in [5.74, 6) is 0. The topological polar surface area (TPSA) is 0 Å². The number of aryl methyl sites for hydroxylation is 2. The van der Waals surface area contributed by atoms with Gasteiger partial charge in [-0.2, -0.15) is 0 Å². The van der Waals surface area contributed by atoms with Gasteiger partial charge in [0.25, 0.3) is 0 Å². The van der Waals surface area contributed by atoms with Gasteiger partial charge in [0.1, 0.15) is 0 Å². The Bertz CT molecular complexity index is 822. The Morgan fingerprint density at radius 2 is 1.23 bits per heavy atom. The van der Waals surface area contributed by atoms with Crippen LogP contribution in [0.2, 0.25) is 0 Å². The zero-order valence-electron chi connectivity index (χ0n) is 16.4. The van der Waals surface area contributed by atoms with Crippen molar-refractivity contribution >= 4 is 24.6 Å². The summed E-state index contributed by atoms with van der Waals surface area (Å²) in [4.78, 5) is 2.91. The van der Waals surface area contributed by atoms with Gasteiger partial charge in [-0.15, -0.1) is 11.3 Å². The van der Waals surface area contributed by atoms with E-state index in [-0.39, 0.29) is 7.92 Å². The average Bonchev–Trinajstić information content (AvgIpc) is 3.08. The van der Waals surface area contributed by atoms with Crippen LogP contribution in [-0.4, -0.2) is 12.3 Å². The van der Waals surface area contributed by atoms with Crippen LogP contribution in [0.4, 0.5) is 0 Å². The van der Waals surface area contributed by atoms with Gasteiger partial charge < -0.3 is 0 Å². The van der Waals surface area contributed by atoms with Crippen molar-refractivity contribution < 1.29 is 0 Å². The van der Waals surface area contributed by atoms with Gasteiger partial charge in [0.2, 0.25) is 0 Å². The summed E-state index contributed by atoms with van der Waals surface area (Å²) in [6, 6.07) is 20.6. The van der Waals surface area contributed by atoms with Crippen molar-refractivity contribution in [3.63, 3.8) is 0 Å². The fourth-order valence-electron chi connectivity index (χ4n) is 3.28. The standard InChI is InChI=1S/C24H29PS/c1-5-15-25(16-6-2)22-17-23(20-11-7-18(3)8-12-20)26-24(22)21-13-9-19(4)10-14-21/h7-14,17H,5-6,15-16H2,1-4H3. The number of rotatable bonds is 7. The van der Waals surface area contributed by atoms with E-state index in [0.29, 0.717) is 0 Å². The second-order valence-corrected chi connectivity index (χ2v) is 10.6. The second kappa shape index (κ2) is 8.98. The number of hydrogen-bond acceptors (Lipinski definition) is 1. The van der Waals surface area contributed by atoms with Gasteiger partial charge in [0.15, 0.2) is 0 Å². The van der Waals surface area contributed by atoms with Gasteiger partial charge in [-0.1, -0.05) is 94.3 Å². The third kappa shape index (κ3) is 4.45. The maximum absolute atomic E-state index is 2.50. The molecule has 0 bridgehead atoms. The Hall–Kier alpha value is -1.43. The molecule has 0 unspecified atom stereocenters. The van der Waals surface area contributed by atoms with E-state index in [4.69, 9.17) is 0 Å². The first kappa shape index (κ1) is 19.3. The molecule has 0 nitrogen and oxygen atoms in total. The summed E-state index contributed by atoms with van der Waals surface area (Å²) in [7, 11) is -0.0734. The summed E-state index contributed by atoms with van der Waals surface area (Å²) in [6.07, 6.45) is 5.22. The zero-order valence-corrected chi connectivity index (χ0v) is 18.1. The molecule has 0 N–H and O–H groups in total. The highest BCUT2D eigenvalue weighted by Crippen LogP contribution is 2.45. The molecule has 0 aliphatic rings. The average molecular weight is 381 g/mol. The van der Waals surface area contributed by atoms with Crippen LogP contribution in [0.25, 0.3) is 20.9 Å². The molecule has 0 amide bonds. The molecule has 2 heteroatoms. The SMILES string of the molecule is CCCP(CCC)c1cc(-c2ccc(C)cc2)sc1-c1ccc(C)cc1. The molecule has 136 valence electrons. The molecule has 0 saturated carbocycles. The largest absolute Gasteiger partial charge is 0.135 e. The minimum atomic E-state index is -0.0734. The van der Waals surface area contributed by atoms with Crippen LogP contribution in [0, 0.1) is 13.8 Å². The summed E-state index contributed by atoms with van der Waals surface area (Å²) >= 11 is 1.97. The van der Waals surface area contributed by atoms with E-state index in [1.807, 2.05) is 11.3 Å². The van der Waals surface area contributed by atoms with E-state index < -0.39 is 0 Å². The van der Waals surface area contributed by atoms with Crippen molar-refractivity contribution in [2.45, 2.75) is 40.5 Å². The summed E-state index contributed by atoms with van der Waals surface area (Å²) in [5, 5.41) is 1.62. The minimum Gasteiger partial charge on any atom is -0.135 e. The van der Waals surface area contributed by atoms with Crippen LogP contribution in [-0.2, 0) is 0 Å². The highest BCUT2D eigenvalue weighted by atomic mass is 32.1. The van der Waals surface area contributed by atoms with Gasteiger partial charge in [0.05, 0.1) is 0 Å². The molecule has 0 spiro atoms. The molecular weight excluding hydrogens is 351 g/mol. The Morgan fingerprint density at radius 1 is 0.731 bits per heavy atom. The quantitative estimate of drug-likeness (QED) is 0.370. The van der Waals surface area contributed by atoms with Crippen LogP contribution in [0.15, 0.2) is 54.6 Å². The van der Waals surface area contributed by atoms with Crippen LogP contribution in [0.1, 0.15) is 37.8 Å². The highest BCUT2D eigenvalue weighted by Gasteiger charge is 2.19.